The maximum atomic E-state index is 12.4. The summed E-state index contributed by atoms with van der Waals surface area (Å²) in [7, 11) is 0. The fraction of sp³-hybridized carbons (Fsp3) is 0.353. The third-order valence-corrected chi connectivity index (χ3v) is 5.28. The van der Waals surface area contributed by atoms with Crippen molar-refractivity contribution in [1.82, 2.24) is 9.80 Å². The quantitative estimate of drug-likeness (QED) is 0.863. The Balaban J connectivity index is 1.48. The van der Waals surface area contributed by atoms with E-state index >= 15 is 0 Å². The monoisotopic (exact) mass is 349 g/mol. The molecule has 0 saturated carbocycles. The number of amides is 1. The second-order valence-corrected chi connectivity index (χ2v) is 7.58. The Labute approximate surface area is 145 Å². The first-order valence-electron chi connectivity index (χ1n) is 7.69. The van der Waals surface area contributed by atoms with Gasteiger partial charge in [-0.2, -0.15) is 0 Å². The Morgan fingerprint density at radius 2 is 1.78 bits per heavy atom. The first-order valence-corrected chi connectivity index (χ1v) is 8.88. The standard InChI is InChI=1S/C17H20ClN3OS/c18-16-6-5-15(23-16)12-20-7-9-21(10-8-20)17(22)11-13-1-3-14(19)4-2-13/h1-6H,7-12,19H2. The first kappa shape index (κ1) is 16.3. The fourth-order valence-electron chi connectivity index (χ4n) is 2.73. The van der Waals surface area contributed by atoms with Gasteiger partial charge in [0.1, 0.15) is 0 Å². The molecule has 1 aromatic carbocycles. The Morgan fingerprint density at radius 3 is 2.39 bits per heavy atom. The minimum atomic E-state index is 0.189. The van der Waals surface area contributed by atoms with Crippen LogP contribution in [0.3, 0.4) is 0 Å². The second-order valence-electron chi connectivity index (χ2n) is 5.78. The summed E-state index contributed by atoms with van der Waals surface area (Å²) in [6, 6.07) is 11.5. The van der Waals surface area contributed by atoms with E-state index in [-0.39, 0.29) is 5.91 Å². The molecule has 1 aromatic heterocycles. The molecule has 0 unspecified atom stereocenters. The Morgan fingerprint density at radius 1 is 1.09 bits per heavy atom. The van der Waals surface area contributed by atoms with Gasteiger partial charge in [0.15, 0.2) is 0 Å². The van der Waals surface area contributed by atoms with Gasteiger partial charge < -0.3 is 10.6 Å². The number of anilines is 1. The SMILES string of the molecule is Nc1ccc(CC(=O)N2CCN(Cc3ccc(Cl)s3)CC2)cc1. The van der Waals surface area contributed by atoms with Crippen LogP contribution in [0.1, 0.15) is 10.4 Å². The zero-order valence-electron chi connectivity index (χ0n) is 12.9. The van der Waals surface area contributed by atoms with Crippen molar-refractivity contribution >= 4 is 34.5 Å². The molecule has 2 heterocycles. The maximum Gasteiger partial charge on any atom is 0.227 e. The topological polar surface area (TPSA) is 49.6 Å². The summed E-state index contributed by atoms with van der Waals surface area (Å²) < 4.78 is 0.831. The predicted molar refractivity (Wildman–Crippen MR) is 95.7 cm³/mol. The summed E-state index contributed by atoms with van der Waals surface area (Å²) in [6.07, 6.45) is 0.445. The summed E-state index contributed by atoms with van der Waals surface area (Å²) >= 11 is 7.59. The number of hydrogen-bond donors (Lipinski definition) is 1. The second kappa shape index (κ2) is 7.34. The van der Waals surface area contributed by atoms with Crippen LogP contribution in [0, 0.1) is 0 Å². The van der Waals surface area contributed by atoms with Crippen molar-refractivity contribution < 1.29 is 4.79 Å². The van der Waals surface area contributed by atoms with Gasteiger partial charge in [-0.1, -0.05) is 23.7 Å². The van der Waals surface area contributed by atoms with Crippen molar-refractivity contribution in [2.45, 2.75) is 13.0 Å². The van der Waals surface area contributed by atoms with E-state index in [9.17, 15) is 4.79 Å². The van der Waals surface area contributed by atoms with Crippen LogP contribution in [-0.2, 0) is 17.8 Å². The van der Waals surface area contributed by atoms with E-state index in [1.807, 2.05) is 35.2 Å². The highest BCUT2D eigenvalue weighted by atomic mass is 35.5. The number of rotatable bonds is 4. The van der Waals surface area contributed by atoms with Gasteiger partial charge in [-0.3, -0.25) is 9.69 Å². The van der Waals surface area contributed by atoms with Gasteiger partial charge >= 0.3 is 0 Å². The first-order chi connectivity index (χ1) is 11.1. The van der Waals surface area contributed by atoms with Crippen molar-refractivity contribution in [1.29, 1.82) is 0 Å². The van der Waals surface area contributed by atoms with Gasteiger partial charge in [-0.25, -0.2) is 0 Å². The smallest absolute Gasteiger partial charge is 0.227 e. The van der Waals surface area contributed by atoms with Crippen LogP contribution >= 0.6 is 22.9 Å². The Bertz CT molecular complexity index is 663. The lowest BCUT2D eigenvalue weighted by atomic mass is 10.1. The third-order valence-electron chi connectivity index (χ3n) is 4.07. The average Bonchev–Trinajstić information content (AvgIpc) is 2.95. The van der Waals surface area contributed by atoms with Crippen LogP contribution < -0.4 is 5.73 Å². The number of nitrogens with two attached hydrogens (primary N) is 1. The molecule has 1 amide bonds. The Hall–Kier alpha value is -1.56. The number of nitrogens with zero attached hydrogens (tertiary/aromatic N) is 2. The van der Waals surface area contributed by atoms with Gasteiger partial charge in [-0.15, -0.1) is 11.3 Å². The van der Waals surface area contributed by atoms with Gasteiger partial charge in [0.2, 0.25) is 5.91 Å². The minimum absolute atomic E-state index is 0.189. The number of halogens is 1. The van der Waals surface area contributed by atoms with Gasteiger partial charge in [-0.05, 0) is 29.8 Å². The van der Waals surface area contributed by atoms with Crippen LogP contribution in [0.4, 0.5) is 5.69 Å². The summed E-state index contributed by atoms with van der Waals surface area (Å²) in [5.74, 6) is 0.189. The van der Waals surface area contributed by atoms with E-state index < -0.39 is 0 Å². The Kier molecular flexibility index (Phi) is 5.20. The van der Waals surface area contributed by atoms with Crippen molar-refractivity contribution in [3.63, 3.8) is 0 Å². The minimum Gasteiger partial charge on any atom is -0.399 e. The molecule has 2 aromatic rings. The molecule has 0 aliphatic carbocycles. The molecule has 6 heteroatoms. The van der Waals surface area contributed by atoms with Crippen molar-refractivity contribution in [2.75, 3.05) is 31.9 Å². The third kappa shape index (κ3) is 4.47. The molecular weight excluding hydrogens is 330 g/mol. The van der Waals surface area contributed by atoms with E-state index in [0.717, 1.165) is 48.3 Å². The van der Waals surface area contributed by atoms with Crippen LogP contribution in [0.5, 0.6) is 0 Å². The van der Waals surface area contributed by atoms with Crippen molar-refractivity contribution in [3.05, 3.63) is 51.2 Å². The molecule has 23 heavy (non-hydrogen) atoms. The van der Waals surface area contributed by atoms with E-state index in [0.29, 0.717) is 6.42 Å². The zero-order valence-corrected chi connectivity index (χ0v) is 14.4. The average molecular weight is 350 g/mol. The molecule has 1 aliphatic rings. The van der Waals surface area contributed by atoms with E-state index in [4.69, 9.17) is 17.3 Å². The van der Waals surface area contributed by atoms with Crippen LogP contribution in [0.15, 0.2) is 36.4 Å². The highest BCUT2D eigenvalue weighted by Gasteiger charge is 2.21. The lowest BCUT2D eigenvalue weighted by Crippen LogP contribution is -2.48. The van der Waals surface area contributed by atoms with Crippen molar-refractivity contribution in [2.24, 2.45) is 0 Å². The number of thiophene rings is 1. The predicted octanol–water partition coefficient (Wildman–Crippen LogP) is 2.87. The maximum absolute atomic E-state index is 12.4. The number of nitrogen functional groups attached to an aromatic ring is 1. The van der Waals surface area contributed by atoms with Gasteiger partial charge in [0.25, 0.3) is 0 Å². The summed E-state index contributed by atoms with van der Waals surface area (Å²) in [4.78, 5) is 18.0. The molecule has 2 N–H and O–H groups in total. The molecule has 3 rings (SSSR count). The molecule has 0 atom stereocenters. The zero-order chi connectivity index (χ0) is 16.2. The molecule has 0 spiro atoms. The normalized spacial score (nSPS) is 15.8. The lowest BCUT2D eigenvalue weighted by Gasteiger charge is -2.34. The number of carbonyl (C=O) groups excluding carboxylic acids is 1. The summed E-state index contributed by atoms with van der Waals surface area (Å²) in [5, 5.41) is 0. The molecule has 4 nitrogen and oxygen atoms in total. The molecule has 1 fully saturated rings. The van der Waals surface area contributed by atoms with Crippen LogP contribution in [-0.4, -0.2) is 41.9 Å². The molecule has 0 bridgehead atoms. The van der Waals surface area contributed by atoms with E-state index in [1.54, 1.807) is 11.3 Å². The van der Waals surface area contributed by atoms with E-state index in [2.05, 4.69) is 11.0 Å². The molecular formula is C17H20ClN3OS. The summed E-state index contributed by atoms with van der Waals surface area (Å²) in [6.45, 7) is 4.29. The molecule has 122 valence electrons. The van der Waals surface area contributed by atoms with Gasteiger partial charge in [0, 0.05) is 43.3 Å². The number of hydrogen-bond acceptors (Lipinski definition) is 4. The molecule has 1 saturated heterocycles. The highest BCUT2D eigenvalue weighted by Crippen LogP contribution is 2.23. The molecule has 0 radical (unpaired) electrons. The van der Waals surface area contributed by atoms with Crippen LogP contribution in [0.25, 0.3) is 0 Å². The van der Waals surface area contributed by atoms with Crippen LogP contribution in [0.2, 0.25) is 4.34 Å². The largest absolute Gasteiger partial charge is 0.399 e. The lowest BCUT2D eigenvalue weighted by molar-refractivity contribution is -0.132. The fourth-order valence-corrected chi connectivity index (χ4v) is 3.86. The van der Waals surface area contributed by atoms with E-state index in [1.165, 1.54) is 4.88 Å². The van der Waals surface area contributed by atoms with Crippen molar-refractivity contribution in [3.8, 4) is 0 Å². The summed E-state index contributed by atoms with van der Waals surface area (Å²) in [5.41, 5.74) is 7.41. The highest BCUT2D eigenvalue weighted by molar-refractivity contribution is 7.16. The molecule has 1 aliphatic heterocycles. The number of piperazine rings is 1. The van der Waals surface area contributed by atoms with Gasteiger partial charge in [0.05, 0.1) is 10.8 Å². The number of carbonyl (C=O) groups is 1. The number of benzene rings is 1.